The van der Waals surface area contributed by atoms with E-state index in [1.54, 1.807) is 38.6 Å². The molecule has 0 spiro atoms. The number of benzene rings is 1. The largest absolute Gasteiger partial charge is 0.494 e. The van der Waals surface area contributed by atoms with E-state index in [1.807, 2.05) is 38.9 Å². The third-order valence-electron chi connectivity index (χ3n) is 6.29. The van der Waals surface area contributed by atoms with Crippen molar-refractivity contribution in [1.82, 2.24) is 20.6 Å². The highest BCUT2D eigenvalue weighted by Gasteiger charge is 2.22. The molecule has 10 nitrogen and oxygen atoms in total. The molecule has 1 aromatic heterocycles. The SMILES string of the molecule is C=CC(=O)Nc1cc(Nc2nccc(C3=C/C(=C(/NC)C(C)C)C(=N)C(F)=C3)n2)c(OC)cc1N(C)CCNC. The van der Waals surface area contributed by atoms with Gasteiger partial charge in [-0.2, -0.15) is 0 Å². The summed E-state index contributed by atoms with van der Waals surface area (Å²) < 4.78 is 20.5. The standard InChI is InChI=1S/C29H37FN8O2/c1-8-26(39)35-22-15-23(25(40-7)16-24(22)38(6)12-11-32-4)37-29-34-10-9-21(36-29)18-13-19(27(31)20(30)14-18)28(33-5)17(2)3/h8-10,13-17,31-33H,1,11-12H2,2-7H3,(H,35,39)(H,34,36,37)/b28-19-,31-27?. The minimum Gasteiger partial charge on any atom is -0.494 e. The Hall–Kier alpha value is -4.51. The number of ether oxygens (including phenoxy) is 1. The van der Waals surface area contributed by atoms with Crippen molar-refractivity contribution >= 4 is 40.2 Å². The van der Waals surface area contributed by atoms with Crippen LogP contribution in [0.25, 0.3) is 5.57 Å². The molecule has 40 heavy (non-hydrogen) atoms. The maximum atomic E-state index is 14.8. The monoisotopic (exact) mass is 548 g/mol. The highest BCUT2D eigenvalue weighted by atomic mass is 19.1. The molecule has 212 valence electrons. The number of methoxy groups -OCH3 is 1. The number of nitrogens with zero attached hydrogens (tertiary/aromatic N) is 3. The Morgan fingerprint density at radius 1 is 1.25 bits per heavy atom. The maximum Gasteiger partial charge on any atom is 0.247 e. The molecule has 5 N–H and O–H groups in total. The van der Waals surface area contributed by atoms with Gasteiger partial charge >= 0.3 is 0 Å². The molecule has 3 rings (SSSR count). The van der Waals surface area contributed by atoms with E-state index in [0.29, 0.717) is 40.5 Å². The second-order valence-corrected chi connectivity index (χ2v) is 9.38. The van der Waals surface area contributed by atoms with Crippen molar-refractivity contribution in [2.24, 2.45) is 5.92 Å². The number of carbonyl (C=O) groups is 1. The van der Waals surface area contributed by atoms with Gasteiger partial charge in [0.15, 0.2) is 0 Å². The first-order valence-electron chi connectivity index (χ1n) is 12.8. The fourth-order valence-corrected chi connectivity index (χ4v) is 4.24. The third kappa shape index (κ3) is 6.92. The molecule has 2 aromatic rings. The lowest BCUT2D eigenvalue weighted by Crippen LogP contribution is -2.28. The van der Waals surface area contributed by atoms with Crippen LogP contribution in [0.2, 0.25) is 0 Å². The molecule has 0 radical (unpaired) electrons. The number of aromatic nitrogens is 2. The van der Waals surface area contributed by atoms with Crippen LogP contribution in [-0.4, -0.2) is 62.9 Å². The van der Waals surface area contributed by atoms with Gasteiger partial charge in [0.1, 0.15) is 11.6 Å². The predicted molar refractivity (Wildman–Crippen MR) is 160 cm³/mol. The number of nitrogens with one attached hydrogen (secondary N) is 5. The molecule has 0 unspecified atom stereocenters. The summed E-state index contributed by atoms with van der Waals surface area (Å²) in [6, 6.07) is 5.23. The van der Waals surface area contributed by atoms with Gasteiger partial charge in [-0.3, -0.25) is 10.2 Å². The van der Waals surface area contributed by atoms with E-state index in [-0.39, 0.29) is 23.5 Å². The lowest BCUT2D eigenvalue weighted by atomic mass is 9.92. The summed E-state index contributed by atoms with van der Waals surface area (Å²) in [5.74, 6) is -0.181. The fraction of sp³-hybridized carbons (Fsp3) is 0.310. The number of hydrogen-bond acceptors (Lipinski definition) is 9. The Kier molecular flexibility index (Phi) is 10.2. The van der Waals surface area contributed by atoms with Gasteiger partial charge in [-0.1, -0.05) is 20.4 Å². The molecule has 1 heterocycles. The normalized spacial score (nSPS) is 14.2. The van der Waals surface area contributed by atoms with Gasteiger partial charge < -0.3 is 30.9 Å². The van der Waals surface area contributed by atoms with Crippen molar-refractivity contribution in [3.05, 3.63) is 72.0 Å². The number of likely N-dealkylation sites (N-methyl/N-ethyl adjacent to an activating group) is 2. The summed E-state index contributed by atoms with van der Waals surface area (Å²) >= 11 is 0. The van der Waals surface area contributed by atoms with Gasteiger partial charge in [0.2, 0.25) is 11.9 Å². The van der Waals surface area contributed by atoms with E-state index in [4.69, 9.17) is 10.1 Å². The van der Waals surface area contributed by atoms with Gasteiger partial charge in [-0.05, 0) is 43.3 Å². The average Bonchev–Trinajstić information content (AvgIpc) is 2.94. The van der Waals surface area contributed by atoms with Crippen LogP contribution in [0.3, 0.4) is 0 Å². The van der Waals surface area contributed by atoms with Crippen LogP contribution in [0.15, 0.2) is 66.3 Å². The summed E-state index contributed by atoms with van der Waals surface area (Å²) in [7, 11) is 7.10. The van der Waals surface area contributed by atoms with Gasteiger partial charge in [-0.15, -0.1) is 0 Å². The van der Waals surface area contributed by atoms with Gasteiger partial charge in [0.05, 0.1) is 35.6 Å². The molecule has 0 aliphatic heterocycles. The molecular formula is C29H37FN8O2. The van der Waals surface area contributed by atoms with Crippen molar-refractivity contribution in [2.75, 3.05) is 56.9 Å². The molecule has 1 aromatic carbocycles. The second kappa shape index (κ2) is 13.5. The highest BCUT2D eigenvalue weighted by molar-refractivity contribution is 6.15. The zero-order valence-corrected chi connectivity index (χ0v) is 23.8. The quantitative estimate of drug-likeness (QED) is 0.247. The van der Waals surface area contributed by atoms with Gasteiger partial charge in [-0.25, -0.2) is 14.4 Å². The van der Waals surface area contributed by atoms with Crippen LogP contribution in [0.1, 0.15) is 19.5 Å². The van der Waals surface area contributed by atoms with Crippen LogP contribution in [0.4, 0.5) is 27.4 Å². The van der Waals surface area contributed by atoms with Gasteiger partial charge in [0.25, 0.3) is 0 Å². The molecule has 11 heteroatoms. The summed E-state index contributed by atoms with van der Waals surface area (Å²) in [6.45, 7) is 8.93. The number of amides is 1. The molecule has 1 aliphatic carbocycles. The van der Waals surface area contributed by atoms with Crippen molar-refractivity contribution in [2.45, 2.75) is 13.8 Å². The Morgan fingerprint density at radius 2 is 2.00 bits per heavy atom. The van der Waals surface area contributed by atoms with Crippen LogP contribution in [0.5, 0.6) is 5.75 Å². The Balaban J connectivity index is 2.04. The highest BCUT2D eigenvalue weighted by Crippen LogP contribution is 2.38. The van der Waals surface area contributed by atoms with E-state index < -0.39 is 5.83 Å². The molecule has 0 bridgehead atoms. The van der Waals surface area contributed by atoms with E-state index >= 15 is 0 Å². The molecular weight excluding hydrogens is 511 g/mol. The van der Waals surface area contributed by atoms with E-state index in [9.17, 15) is 9.18 Å². The number of halogens is 1. The van der Waals surface area contributed by atoms with E-state index in [0.717, 1.165) is 17.9 Å². The van der Waals surface area contributed by atoms with Crippen molar-refractivity contribution in [1.29, 1.82) is 5.41 Å². The average molecular weight is 549 g/mol. The summed E-state index contributed by atoms with van der Waals surface area (Å²) in [5, 5.41) is 20.5. The fourth-order valence-electron chi connectivity index (χ4n) is 4.24. The van der Waals surface area contributed by atoms with Crippen LogP contribution < -0.4 is 30.9 Å². The number of allylic oxidation sites excluding steroid dienone is 6. The number of carbonyl (C=O) groups excluding carboxylic acids is 1. The smallest absolute Gasteiger partial charge is 0.247 e. The van der Waals surface area contributed by atoms with E-state index in [1.165, 1.54) is 12.2 Å². The third-order valence-corrected chi connectivity index (χ3v) is 6.29. The molecule has 0 atom stereocenters. The Morgan fingerprint density at radius 3 is 2.62 bits per heavy atom. The van der Waals surface area contributed by atoms with Crippen LogP contribution in [0, 0.1) is 11.3 Å². The first kappa shape index (κ1) is 30.0. The molecule has 0 fully saturated rings. The Bertz CT molecular complexity index is 1380. The molecule has 1 aliphatic rings. The number of rotatable bonds is 12. The summed E-state index contributed by atoms with van der Waals surface area (Å²) in [4.78, 5) is 23.1. The van der Waals surface area contributed by atoms with Gasteiger partial charge in [0, 0.05) is 56.3 Å². The van der Waals surface area contributed by atoms with Crippen molar-refractivity contribution < 1.29 is 13.9 Å². The molecule has 1 amide bonds. The predicted octanol–water partition coefficient (Wildman–Crippen LogP) is 4.41. The molecule has 0 saturated heterocycles. The zero-order chi connectivity index (χ0) is 29.4. The van der Waals surface area contributed by atoms with Crippen molar-refractivity contribution in [3.8, 4) is 5.75 Å². The topological polar surface area (TPSA) is 127 Å². The minimum atomic E-state index is -0.642. The van der Waals surface area contributed by atoms with Crippen LogP contribution in [-0.2, 0) is 4.79 Å². The minimum absolute atomic E-state index is 0.0647. The first-order chi connectivity index (χ1) is 19.1. The van der Waals surface area contributed by atoms with E-state index in [2.05, 4.69) is 37.8 Å². The lowest BCUT2D eigenvalue weighted by molar-refractivity contribution is -0.111. The first-order valence-corrected chi connectivity index (χ1v) is 12.8. The second-order valence-electron chi connectivity index (χ2n) is 9.38. The number of hydrogen-bond donors (Lipinski definition) is 5. The summed E-state index contributed by atoms with van der Waals surface area (Å²) in [6.07, 6.45) is 5.81. The Labute approximate surface area is 234 Å². The molecule has 0 saturated carbocycles. The maximum absolute atomic E-state index is 14.8. The van der Waals surface area contributed by atoms with Crippen LogP contribution >= 0.6 is 0 Å². The number of anilines is 4. The summed E-state index contributed by atoms with van der Waals surface area (Å²) in [5.41, 5.74) is 3.86. The lowest BCUT2D eigenvalue weighted by Gasteiger charge is -2.24. The zero-order valence-electron chi connectivity index (χ0n) is 23.8. The van der Waals surface area contributed by atoms with Crippen molar-refractivity contribution in [3.63, 3.8) is 0 Å².